The van der Waals surface area contributed by atoms with Crippen molar-refractivity contribution < 1.29 is 27.1 Å². The summed E-state index contributed by atoms with van der Waals surface area (Å²) in [6, 6.07) is 10.5. The predicted molar refractivity (Wildman–Crippen MR) is 119 cm³/mol. The molecular weight excluding hydrogens is 435 g/mol. The number of carbonyl (C=O) groups excluding carboxylic acids is 1. The van der Waals surface area contributed by atoms with Crippen molar-refractivity contribution in [3.8, 4) is 5.75 Å². The van der Waals surface area contributed by atoms with E-state index in [0.717, 1.165) is 29.5 Å². The predicted octanol–water partition coefficient (Wildman–Crippen LogP) is 3.00. The molecule has 174 valence electrons. The number of benzene rings is 2. The highest BCUT2D eigenvalue weighted by atomic mass is 32.2. The van der Waals surface area contributed by atoms with E-state index in [0.29, 0.717) is 26.1 Å². The van der Waals surface area contributed by atoms with Gasteiger partial charge in [-0.2, -0.15) is 0 Å². The number of carbonyl (C=O) groups is 1. The van der Waals surface area contributed by atoms with Gasteiger partial charge in [0.25, 0.3) is 5.91 Å². The Hall–Kier alpha value is -2.49. The molecule has 0 aliphatic carbocycles. The Morgan fingerprint density at radius 3 is 2.41 bits per heavy atom. The molecule has 32 heavy (non-hydrogen) atoms. The maximum atomic E-state index is 14.4. The number of methoxy groups -OCH3 is 1. The van der Waals surface area contributed by atoms with Gasteiger partial charge in [0.05, 0.1) is 17.6 Å². The molecule has 1 aliphatic rings. The number of hydrogen-bond acceptors (Lipinski definition) is 5. The van der Waals surface area contributed by atoms with Gasteiger partial charge >= 0.3 is 0 Å². The molecule has 7 nitrogen and oxygen atoms in total. The van der Waals surface area contributed by atoms with Crippen LogP contribution in [-0.4, -0.2) is 47.2 Å². The molecule has 0 spiro atoms. The van der Waals surface area contributed by atoms with Gasteiger partial charge in [0, 0.05) is 31.2 Å². The van der Waals surface area contributed by atoms with Crippen LogP contribution in [0, 0.1) is 5.82 Å². The minimum atomic E-state index is -3.85. The van der Waals surface area contributed by atoms with E-state index in [9.17, 15) is 17.6 Å². The Balaban J connectivity index is 1.83. The van der Waals surface area contributed by atoms with E-state index >= 15 is 0 Å². The van der Waals surface area contributed by atoms with Crippen molar-refractivity contribution in [2.75, 3.05) is 26.9 Å². The summed E-state index contributed by atoms with van der Waals surface area (Å²) in [5.41, 5.74) is 0.341. The molecule has 2 aromatic rings. The van der Waals surface area contributed by atoms with Crippen LogP contribution in [0.3, 0.4) is 0 Å². The van der Waals surface area contributed by atoms with Gasteiger partial charge in [0.2, 0.25) is 10.0 Å². The number of nitrogens with one attached hydrogen (secondary N) is 2. The van der Waals surface area contributed by atoms with Crippen molar-refractivity contribution in [3.05, 3.63) is 59.4 Å². The van der Waals surface area contributed by atoms with Crippen LogP contribution >= 0.6 is 0 Å². The highest BCUT2D eigenvalue weighted by molar-refractivity contribution is 7.89. The van der Waals surface area contributed by atoms with Crippen LogP contribution in [0.4, 0.5) is 4.39 Å². The van der Waals surface area contributed by atoms with Gasteiger partial charge in [-0.05, 0) is 62.6 Å². The van der Waals surface area contributed by atoms with Gasteiger partial charge in [-0.15, -0.1) is 0 Å². The van der Waals surface area contributed by atoms with E-state index in [1.54, 1.807) is 21.0 Å². The molecule has 1 heterocycles. The molecule has 0 unspecified atom stereocenters. The van der Waals surface area contributed by atoms with Crippen LogP contribution in [0.1, 0.15) is 42.6 Å². The lowest BCUT2D eigenvalue weighted by atomic mass is 9.74. The monoisotopic (exact) mass is 464 g/mol. The second-order valence-electron chi connectivity index (χ2n) is 8.22. The van der Waals surface area contributed by atoms with Crippen LogP contribution in [0.2, 0.25) is 0 Å². The van der Waals surface area contributed by atoms with Gasteiger partial charge in [0.1, 0.15) is 11.6 Å². The molecule has 0 atom stereocenters. The lowest BCUT2D eigenvalue weighted by Gasteiger charge is -2.38. The summed E-state index contributed by atoms with van der Waals surface area (Å²) in [6.45, 7) is 4.72. The molecule has 1 saturated heterocycles. The molecule has 1 fully saturated rings. The Kier molecular flexibility index (Phi) is 7.53. The number of sulfonamides is 1. The van der Waals surface area contributed by atoms with E-state index in [1.165, 1.54) is 0 Å². The van der Waals surface area contributed by atoms with Crippen LogP contribution in [0.5, 0.6) is 5.75 Å². The van der Waals surface area contributed by atoms with Crippen LogP contribution in [0.15, 0.2) is 47.4 Å². The first kappa shape index (κ1) is 24.2. The summed E-state index contributed by atoms with van der Waals surface area (Å²) in [6.07, 6.45) is 1.38. The third-order valence-corrected chi connectivity index (χ3v) is 7.28. The highest BCUT2D eigenvalue weighted by Crippen LogP contribution is 2.35. The molecule has 0 aromatic heterocycles. The van der Waals surface area contributed by atoms with Gasteiger partial charge in [-0.1, -0.05) is 12.1 Å². The van der Waals surface area contributed by atoms with Crippen molar-refractivity contribution in [3.63, 3.8) is 0 Å². The number of halogens is 1. The van der Waals surface area contributed by atoms with Crippen molar-refractivity contribution in [1.29, 1.82) is 0 Å². The zero-order valence-electron chi connectivity index (χ0n) is 18.5. The number of amides is 1. The normalized spacial score (nSPS) is 16.0. The summed E-state index contributed by atoms with van der Waals surface area (Å²) in [5.74, 6) is -0.713. The molecule has 9 heteroatoms. The Morgan fingerprint density at radius 2 is 1.81 bits per heavy atom. The quantitative estimate of drug-likeness (QED) is 0.627. The van der Waals surface area contributed by atoms with Gasteiger partial charge in [-0.25, -0.2) is 17.5 Å². The van der Waals surface area contributed by atoms with Gasteiger partial charge in [-0.3, -0.25) is 4.79 Å². The number of rotatable bonds is 8. The Bertz CT molecular complexity index is 1050. The van der Waals surface area contributed by atoms with Crippen LogP contribution in [0.25, 0.3) is 0 Å². The fraction of sp³-hybridized carbons (Fsp3) is 0.435. The second kappa shape index (κ2) is 9.97. The first-order valence-electron chi connectivity index (χ1n) is 10.5. The third-order valence-electron chi connectivity index (χ3n) is 5.62. The van der Waals surface area contributed by atoms with Crippen LogP contribution < -0.4 is 14.8 Å². The lowest BCUT2D eigenvalue weighted by Crippen LogP contribution is -2.44. The topological polar surface area (TPSA) is 93.7 Å². The first-order chi connectivity index (χ1) is 15.2. The fourth-order valence-corrected chi connectivity index (χ4v) is 5.12. The summed E-state index contributed by atoms with van der Waals surface area (Å²) < 4.78 is 52.5. The molecule has 3 rings (SSSR count). The Labute approximate surface area is 188 Å². The summed E-state index contributed by atoms with van der Waals surface area (Å²) in [7, 11) is -2.26. The van der Waals surface area contributed by atoms with E-state index in [1.807, 2.05) is 24.3 Å². The van der Waals surface area contributed by atoms with Crippen LogP contribution in [-0.2, 0) is 20.2 Å². The number of ether oxygens (including phenoxy) is 2. The van der Waals surface area contributed by atoms with Crippen molar-refractivity contribution >= 4 is 15.9 Å². The molecule has 0 saturated carbocycles. The molecule has 2 N–H and O–H groups in total. The lowest BCUT2D eigenvalue weighted by molar-refractivity contribution is 0.0486. The average Bonchev–Trinajstić information content (AvgIpc) is 2.77. The molecule has 2 aromatic carbocycles. The zero-order valence-corrected chi connectivity index (χ0v) is 19.3. The minimum absolute atomic E-state index is 0.159. The minimum Gasteiger partial charge on any atom is -0.497 e. The van der Waals surface area contributed by atoms with E-state index < -0.39 is 21.7 Å². The maximum absolute atomic E-state index is 14.4. The molecule has 0 bridgehead atoms. The van der Waals surface area contributed by atoms with Crippen molar-refractivity contribution in [2.45, 2.75) is 43.0 Å². The third kappa shape index (κ3) is 5.46. The molecule has 0 radical (unpaired) electrons. The van der Waals surface area contributed by atoms with Gasteiger partial charge < -0.3 is 14.8 Å². The van der Waals surface area contributed by atoms with E-state index in [4.69, 9.17) is 9.47 Å². The highest BCUT2D eigenvalue weighted by Gasteiger charge is 2.35. The first-order valence-corrected chi connectivity index (χ1v) is 12.0. The van der Waals surface area contributed by atoms with Crippen molar-refractivity contribution in [1.82, 2.24) is 10.0 Å². The van der Waals surface area contributed by atoms with Crippen molar-refractivity contribution in [2.24, 2.45) is 0 Å². The van der Waals surface area contributed by atoms with E-state index in [-0.39, 0.29) is 28.5 Å². The SMILES string of the molecule is COc1ccc(C2(CNC(=O)c3cc(S(=O)(=O)NC(C)C)ccc3F)CCOCC2)cc1. The second-order valence-corrected chi connectivity index (χ2v) is 9.94. The fourth-order valence-electron chi connectivity index (χ4n) is 3.84. The summed E-state index contributed by atoms with van der Waals surface area (Å²) in [4.78, 5) is 12.7. The molecule has 1 amide bonds. The summed E-state index contributed by atoms with van der Waals surface area (Å²) in [5, 5.41) is 2.82. The van der Waals surface area contributed by atoms with Gasteiger partial charge in [0.15, 0.2) is 0 Å². The smallest absolute Gasteiger partial charge is 0.254 e. The molecule has 1 aliphatic heterocycles. The van der Waals surface area contributed by atoms with E-state index in [2.05, 4.69) is 10.0 Å². The summed E-state index contributed by atoms with van der Waals surface area (Å²) >= 11 is 0. The average molecular weight is 465 g/mol. The number of hydrogen-bond donors (Lipinski definition) is 2. The molecular formula is C23H29FN2O5S. The standard InChI is InChI=1S/C23H29FN2O5S/c1-16(2)26-32(28,29)19-8-9-21(24)20(14-19)22(27)25-15-23(10-12-31-13-11-23)17-4-6-18(30-3)7-5-17/h4-9,14,16,26H,10-13,15H2,1-3H3,(H,25,27). The Morgan fingerprint density at radius 1 is 1.16 bits per heavy atom. The largest absolute Gasteiger partial charge is 0.497 e. The maximum Gasteiger partial charge on any atom is 0.254 e. The zero-order chi connectivity index (χ0) is 23.4.